The van der Waals surface area contributed by atoms with E-state index in [1.54, 1.807) is 17.5 Å². The lowest BCUT2D eigenvalue weighted by Crippen LogP contribution is -1.84. The van der Waals surface area contributed by atoms with Gasteiger partial charge in [0.05, 0.1) is 0 Å². The van der Waals surface area contributed by atoms with Gasteiger partial charge < -0.3 is 4.40 Å². The van der Waals surface area contributed by atoms with Crippen LogP contribution in [-0.4, -0.2) is 14.4 Å². The Bertz CT molecular complexity index is 609. The summed E-state index contributed by atoms with van der Waals surface area (Å²) in [5, 5.41) is 3.11. The van der Waals surface area contributed by atoms with E-state index < -0.39 is 0 Å². The molecule has 15 heavy (non-hydrogen) atoms. The molecule has 0 N–H and O–H groups in total. The molecule has 0 saturated heterocycles. The highest BCUT2D eigenvalue weighted by atomic mass is 32.1. The minimum atomic E-state index is 0.959. The van der Waals surface area contributed by atoms with Crippen LogP contribution in [0.5, 0.6) is 0 Å². The number of imidazole rings is 1. The number of pyridine rings is 1. The number of aryl methyl sites for hydroxylation is 1. The predicted molar refractivity (Wildman–Crippen MR) is 61.0 cm³/mol. The molecular weight excluding hydrogens is 206 g/mol. The number of hydrogen-bond donors (Lipinski definition) is 0. The summed E-state index contributed by atoms with van der Waals surface area (Å²) in [6, 6.07) is 4.12. The smallest absolute Gasteiger partial charge is 0.137 e. The fourth-order valence-electron chi connectivity index (χ4n) is 1.53. The van der Waals surface area contributed by atoms with Crippen molar-refractivity contribution in [3.8, 4) is 10.6 Å². The van der Waals surface area contributed by atoms with E-state index in [2.05, 4.69) is 27.5 Å². The Hall–Kier alpha value is -1.68. The van der Waals surface area contributed by atoms with E-state index in [0.717, 1.165) is 21.9 Å². The van der Waals surface area contributed by atoms with Crippen molar-refractivity contribution in [2.75, 3.05) is 0 Å². The van der Waals surface area contributed by atoms with Crippen LogP contribution >= 0.6 is 11.3 Å². The Balaban J connectivity index is 2.18. The van der Waals surface area contributed by atoms with Crippen molar-refractivity contribution in [1.29, 1.82) is 0 Å². The second-order valence-corrected chi connectivity index (χ2v) is 4.26. The van der Waals surface area contributed by atoms with E-state index in [0.29, 0.717) is 0 Å². The van der Waals surface area contributed by atoms with Crippen molar-refractivity contribution >= 4 is 17.0 Å². The van der Waals surface area contributed by atoms with Crippen LogP contribution in [-0.2, 0) is 0 Å². The Labute approximate surface area is 91.1 Å². The molecule has 0 radical (unpaired) electrons. The Morgan fingerprint density at radius 3 is 3.07 bits per heavy atom. The molecule has 0 aliphatic carbocycles. The average Bonchev–Trinajstić information content (AvgIpc) is 2.84. The molecule has 3 aromatic rings. The summed E-state index contributed by atoms with van der Waals surface area (Å²) in [7, 11) is 0. The second-order valence-electron chi connectivity index (χ2n) is 3.40. The molecule has 0 unspecified atom stereocenters. The first kappa shape index (κ1) is 8.61. The van der Waals surface area contributed by atoms with Gasteiger partial charge in [-0.25, -0.2) is 9.97 Å². The third-order valence-corrected chi connectivity index (χ3v) is 3.27. The lowest BCUT2D eigenvalue weighted by molar-refractivity contribution is 1.18. The van der Waals surface area contributed by atoms with Gasteiger partial charge in [-0.2, -0.15) is 0 Å². The van der Waals surface area contributed by atoms with Crippen molar-refractivity contribution in [3.63, 3.8) is 0 Å². The third-order valence-electron chi connectivity index (χ3n) is 2.26. The van der Waals surface area contributed by atoms with Crippen LogP contribution in [0, 0.1) is 6.92 Å². The van der Waals surface area contributed by atoms with E-state index in [1.165, 1.54) is 0 Å². The molecule has 0 saturated carbocycles. The average molecular weight is 215 g/mol. The summed E-state index contributed by atoms with van der Waals surface area (Å²) in [6.07, 6.45) is 5.74. The quantitative estimate of drug-likeness (QED) is 0.624. The fraction of sp³-hybridized carbons (Fsp3) is 0.0909. The van der Waals surface area contributed by atoms with Gasteiger partial charge in [0.25, 0.3) is 0 Å². The summed E-state index contributed by atoms with van der Waals surface area (Å²) in [6.45, 7) is 2.01. The van der Waals surface area contributed by atoms with Gasteiger partial charge in [0.1, 0.15) is 10.7 Å². The number of thiazole rings is 1. The van der Waals surface area contributed by atoms with Crippen LogP contribution in [0.3, 0.4) is 0 Å². The molecule has 3 nitrogen and oxygen atoms in total. The maximum Gasteiger partial charge on any atom is 0.137 e. The first-order chi connectivity index (χ1) is 7.33. The van der Waals surface area contributed by atoms with Crippen molar-refractivity contribution in [1.82, 2.24) is 14.4 Å². The predicted octanol–water partition coefficient (Wildman–Crippen LogP) is 2.77. The van der Waals surface area contributed by atoms with Crippen LogP contribution in [0.4, 0.5) is 0 Å². The normalized spacial score (nSPS) is 11.0. The minimum Gasteiger partial charge on any atom is -0.307 e. The topological polar surface area (TPSA) is 30.2 Å². The standard InChI is InChI=1S/C11H9N3S/c1-8-7-15-11(13-8)9-2-4-14-5-3-12-10(14)6-9/h2-7H,1H3. The monoisotopic (exact) mass is 215 g/mol. The molecule has 0 fully saturated rings. The van der Waals surface area contributed by atoms with Gasteiger partial charge in [0, 0.05) is 35.2 Å². The molecule has 0 aromatic carbocycles. The Kier molecular flexibility index (Phi) is 1.82. The van der Waals surface area contributed by atoms with E-state index in [1.807, 2.05) is 23.7 Å². The number of nitrogens with zero attached hydrogens (tertiary/aromatic N) is 3. The zero-order chi connectivity index (χ0) is 10.3. The summed E-state index contributed by atoms with van der Waals surface area (Å²) in [5.74, 6) is 0. The summed E-state index contributed by atoms with van der Waals surface area (Å²) in [4.78, 5) is 8.71. The highest BCUT2D eigenvalue weighted by Crippen LogP contribution is 2.23. The van der Waals surface area contributed by atoms with Crippen LogP contribution in [0.1, 0.15) is 5.69 Å². The zero-order valence-electron chi connectivity index (χ0n) is 8.21. The van der Waals surface area contributed by atoms with E-state index in [4.69, 9.17) is 0 Å². The van der Waals surface area contributed by atoms with Crippen LogP contribution in [0.15, 0.2) is 36.1 Å². The van der Waals surface area contributed by atoms with Gasteiger partial charge in [-0.1, -0.05) is 0 Å². The summed E-state index contributed by atoms with van der Waals surface area (Å²) >= 11 is 1.67. The first-order valence-corrected chi connectivity index (χ1v) is 5.56. The maximum atomic E-state index is 4.45. The summed E-state index contributed by atoms with van der Waals surface area (Å²) < 4.78 is 1.99. The van der Waals surface area contributed by atoms with E-state index in [-0.39, 0.29) is 0 Å². The van der Waals surface area contributed by atoms with Crippen molar-refractivity contribution in [2.24, 2.45) is 0 Å². The van der Waals surface area contributed by atoms with Crippen LogP contribution in [0.25, 0.3) is 16.2 Å². The van der Waals surface area contributed by atoms with Gasteiger partial charge in [-0.3, -0.25) is 0 Å². The van der Waals surface area contributed by atoms with E-state index >= 15 is 0 Å². The molecule has 0 bridgehead atoms. The molecule has 0 aliphatic rings. The highest BCUT2D eigenvalue weighted by molar-refractivity contribution is 7.13. The van der Waals surface area contributed by atoms with Crippen molar-refractivity contribution in [3.05, 3.63) is 41.8 Å². The number of rotatable bonds is 1. The molecular formula is C11H9N3S. The molecule has 3 heterocycles. The first-order valence-electron chi connectivity index (χ1n) is 4.68. The molecule has 0 aliphatic heterocycles. The number of fused-ring (bicyclic) bond motifs is 1. The SMILES string of the molecule is Cc1csc(-c2ccn3ccnc3c2)n1. The van der Waals surface area contributed by atoms with Crippen molar-refractivity contribution in [2.45, 2.75) is 6.92 Å². The molecule has 3 aromatic heterocycles. The summed E-state index contributed by atoms with van der Waals surface area (Å²) in [5.41, 5.74) is 3.16. The lowest BCUT2D eigenvalue weighted by Gasteiger charge is -1.97. The number of hydrogen-bond acceptors (Lipinski definition) is 3. The molecule has 4 heteroatoms. The van der Waals surface area contributed by atoms with E-state index in [9.17, 15) is 0 Å². The van der Waals surface area contributed by atoms with Gasteiger partial charge in [0.2, 0.25) is 0 Å². The highest BCUT2D eigenvalue weighted by Gasteiger charge is 2.03. The van der Waals surface area contributed by atoms with Crippen molar-refractivity contribution < 1.29 is 0 Å². The Morgan fingerprint density at radius 2 is 2.27 bits per heavy atom. The van der Waals surface area contributed by atoms with Crippen LogP contribution < -0.4 is 0 Å². The minimum absolute atomic E-state index is 0.959. The second kappa shape index (κ2) is 3.17. The zero-order valence-corrected chi connectivity index (χ0v) is 9.03. The third kappa shape index (κ3) is 1.43. The molecule has 0 amide bonds. The Morgan fingerprint density at radius 1 is 1.33 bits per heavy atom. The maximum absolute atomic E-state index is 4.45. The number of aromatic nitrogens is 3. The largest absolute Gasteiger partial charge is 0.307 e. The fourth-order valence-corrected chi connectivity index (χ4v) is 2.32. The van der Waals surface area contributed by atoms with Gasteiger partial charge in [-0.15, -0.1) is 11.3 Å². The molecule has 0 spiro atoms. The molecule has 74 valence electrons. The van der Waals surface area contributed by atoms with Gasteiger partial charge in [0.15, 0.2) is 0 Å². The van der Waals surface area contributed by atoms with Crippen LogP contribution in [0.2, 0.25) is 0 Å². The van der Waals surface area contributed by atoms with Gasteiger partial charge in [-0.05, 0) is 19.1 Å². The molecule has 0 atom stereocenters. The van der Waals surface area contributed by atoms with Gasteiger partial charge >= 0.3 is 0 Å². The lowest BCUT2D eigenvalue weighted by atomic mass is 10.3. The molecule has 3 rings (SSSR count).